The number of hydrogen-bond acceptors (Lipinski definition) is 5. The van der Waals surface area contributed by atoms with Crippen LogP contribution < -0.4 is 0 Å². The van der Waals surface area contributed by atoms with Crippen LogP contribution in [0, 0.1) is 11.3 Å². The molecule has 0 N–H and O–H groups in total. The molecule has 0 aliphatic rings. The van der Waals surface area contributed by atoms with Gasteiger partial charge in [0, 0.05) is 0 Å². The Morgan fingerprint density at radius 1 is 1.05 bits per heavy atom. The van der Waals surface area contributed by atoms with Crippen molar-refractivity contribution in [3.05, 3.63) is 47.5 Å². The molecule has 5 nitrogen and oxygen atoms in total. The molecular formula is C15H9N3O2. The molecule has 0 aliphatic carbocycles. The summed E-state index contributed by atoms with van der Waals surface area (Å²) < 4.78 is 4.68. The van der Waals surface area contributed by atoms with Crippen molar-refractivity contribution in [1.29, 1.82) is 5.26 Å². The number of aromatic nitrogens is 2. The van der Waals surface area contributed by atoms with Gasteiger partial charge in [-0.15, -0.1) is 0 Å². The van der Waals surface area contributed by atoms with Crippen molar-refractivity contribution in [2.24, 2.45) is 0 Å². The van der Waals surface area contributed by atoms with E-state index >= 15 is 0 Å². The maximum absolute atomic E-state index is 11.5. The van der Waals surface area contributed by atoms with Crippen LogP contribution in [0.1, 0.15) is 15.9 Å². The molecular weight excluding hydrogens is 254 g/mol. The number of rotatable bonds is 1. The quantitative estimate of drug-likeness (QED) is 0.498. The summed E-state index contributed by atoms with van der Waals surface area (Å²) in [5.41, 5.74) is 3.59. The molecule has 2 aromatic carbocycles. The van der Waals surface area contributed by atoms with Crippen molar-refractivity contribution in [3.8, 4) is 6.07 Å². The summed E-state index contributed by atoms with van der Waals surface area (Å²) in [5, 5.41) is 8.89. The number of hydrogen-bond donors (Lipinski definition) is 0. The van der Waals surface area contributed by atoms with E-state index in [1.807, 2.05) is 0 Å². The minimum absolute atomic E-state index is 0.409. The van der Waals surface area contributed by atoms with E-state index in [0.717, 1.165) is 0 Å². The maximum Gasteiger partial charge on any atom is 0.337 e. The Kier molecular flexibility index (Phi) is 2.77. The number of nitriles is 1. The molecule has 0 fully saturated rings. The van der Waals surface area contributed by atoms with Crippen molar-refractivity contribution >= 4 is 28.0 Å². The van der Waals surface area contributed by atoms with E-state index in [2.05, 4.69) is 20.8 Å². The summed E-state index contributed by atoms with van der Waals surface area (Å²) in [5.74, 6) is -0.409. The van der Waals surface area contributed by atoms with Gasteiger partial charge in [0.2, 0.25) is 0 Å². The van der Waals surface area contributed by atoms with Gasteiger partial charge in [0.25, 0.3) is 0 Å². The van der Waals surface area contributed by atoms with Crippen LogP contribution in [0.3, 0.4) is 0 Å². The van der Waals surface area contributed by atoms with Crippen molar-refractivity contribution in [2.45, 2.75) is 0 Å². The molecule has 0 atom stereocenters. The number of fused-ring (bicyclic) bond motifs is 2. The average Bonchev–Trinajstić information content (AvgIpc) is 2.50. The van der Waals surface area contributed by atoms with E-state index in [9.17, 15) is 4.79 Å². The highest BCUT2D eigenvalue weighted by Crippen LogP contribution is 2.18. The van der Waals surface area contributed by atoms with Crippen molar-refractivity contribution in [1.82, 2.24) is 9.97 Å². The van der Waals surface area contributed by atoms with Gasteiger partial charge in [-0.2, -0.15) is 5.26 Å². The normalized spacial score (nSPS) is 10.4. The molecule has 96 valence electrons. The zero-order valence-corrected chi connectivity index (χ0v) is 10.6. The fraction of sp³-hybridized carbons (Fsp3) is 0.0667. The third-order valence-electron chi connectivity index (χ3n) is 2.98. The monoisotopic (exact) mass is 263 g/mol. The summed E-state index contributed by atoms with van der Waals surface area (Å²) in [6.45, 7) is 0. The number of benzene rings is 2. The lowest BCUT2D eigenvalue weighted by atomic mass is 10.1. The summed E-state index contributed by atoms with van der Waals surface area (Å²) in [4.78, 5) is 20.4. The molecule has 1 heterocycles. The van der Waals surface area contributed by atoms with E-state index in [1.165, 1.54) is 7.11 Å². The van der Waals surface area contributed by atoms with Crippen molar-refractivity contribution in [3.63, 3.8) is 0 Å². The van der Waals surface area contributed by atoms with Gasteiger partial charge >= 0.3 is 5.97 Å². The van der Waals surface area contributed by atoms with Crippen LogP contribution in [0.2, 0.25) is 0 Å². The Labute approximate surface area is 114 Å². The first-order valence-corrected chi connectivity index (χ1v) is 5.91. The van der Waals surface area contributed by atoms with Crippen LogP contribution in [0.4, 0.5) is 0 Å². The van der Waals surface area contributed by atoms with Gasteiger partial charge in [0.05, 0.1) is 46.4 Å². The van der Waals surface area contributed by atoms with Gasteiger partial charge in [-0.3, -0.25) is 0 Å². The predicted molar refractivity (Wildman–Crippen MR) is 73.1 cm³/mol. The zero-order chi connectivity index (χ0) is 14.1. The van der Waals surface area contributed by atoms with Crippen LogP contribution in [0.15, 0.2) is 36.4 Å². The first-order chi connectivity index (χ1) is 9.71. The molecule has 0 bridgehead atoms. The van der Waals surface area contributed by atoms with E-state index in [-0.39, 0.29) is 0 Å². The Morgan fingerprint density at radius 3 is 2.35 bits per heavy atom. The number of nitrogens with zero attached hydrogens (tertiary/aromatic N) is 3. The third-order valence-corrected chi connectivity index (χ3v) is 2.98. The number of esters is 1. The standard InChI is InChI=1S/C15H9N3O2/c1-20-15(19)10-3-5-12-14(7-10)18-11-4-2-9(8-16)6-13(11)17-12/h2-7H,1H3. The first kappa shape index (κ1) is 12.1. The van der Waals surface area contributed by atoms with E-state index in [4.69, 9.17) is 5.26 Å². The van der Waals surface area contributed by atoms with Crippen LogP contribution in [-0.2, 0) is 4.74 Å². The molecule has 0 saturated heterocycles. The Morgan fingerprint density at radius 2 is 1.70 bits per heavy atom. The molecule has 1 aromatic heterocycles. The predicted octanol–water partition coefficient (Wildman–Crippen LogP) is 2.44. The van der Waals surface area contributed by atoms with E-state index < -0.39 is 5.97 Å². The molecule has 3 rings (SSSR count). The zero-order valence-electron chi connectivity index (χ0n) is 10.6. The molecule has 0 unspecified atom stereocenters. The van der Waals surface area contributed by atoms with Crippen LogP contribution in [0.5, 0.6) is 0 Å². The molecule has 0 amide bonds. The topological polar surface area (TPSA) is 75.9 Å². The van der Waals surface area contributed by atoms with E-state index in [0.29, 0.717) is 33.2 Å². The first-order valence-electron chi connectivity index (χ1n) is 5.91. The van der Waals surface area contributed by atoms with Gasteiger partial charge in [0.15, 0.2) is 0 Å². The second kappa shape index (κ2) is 4.59. The summed E-state index contributed by atoms with van der Waals surface area (Å²) in [7, 11) is 1.34. The smallest absolute Gasteiger partial charge is 0.337 e. The Hall–Kier alpha value is -3.00. The van der Waals surface area contributed by atoms with Gasteiger partial charge < -0.3 is 4.74 Å². The number of carbonyl (C=O) groups excluding carboxylic acids is 1. The van der Waals surface area contributed by atoms with Gasteiger partial charge in [-0.25, -0.2) is 14.8 Å². The number of ether oxygens (including phenoxy) is 1. The van der Waals surface area contributed by atoms with E-state index in [1.54, 1.807) is 36.4 Å². The number of carbonyl (C=O) groups is 1. The molecule has 0 radical (unpaired) electrons. The molecule has 0 aliphatic heterocycles. The third kappa shape index (κ3) is 1.93. The number of methoxy groups -OCH3 is 1. The molecule has 0 saturated carbocycles. The summed E-state index contributed by atoms with van der Waals surface area (Å²) in [6, 6.07) is 12.2. The second-order valence-electron chi connectivity index (χ2n) is 4.23. The minimum Gasteiger partial charge on any atom is -0.465 e. The molecule has 5 heteroatoms. The molecule has 0 spiro atoms. The average molecular weight is 263 g/mol. The largest absolute Gasteiger partial charge is 0.465 e. The maximum atomic E-state index is 11.5. The van der Waals surface area contributed by atoms with Gasteiger partial charge in [-0.1, -0.05) is 0 Å². The Bertz CT molecular complexity index is 881. The van der Waals surface area contributed by atoms with Gasteiger partial charge in [0.1, 0.15) is 0 Å². The fourth-order valence-electron chi connectivity index (χ4n) is 1.99. The minimum atomic E-state index is -0.409. The highest BCUT2D eigenvalue weighted by molar-refractivity contribution is 5.95. The fourth-order valence-corrected chi connectivity index (χ4v) is 1.99. The highest BCUT2D eigenvalue weighted by Gasteiger charge is 2.08. The summed E-state index contributed by atoms with van der Waals surface area (Å²) in [6.07, 6.45) is 0. The van der Waals surface area contributed by atoms with Crippen molar-refractivity contribution in [2.75, 3.05) is 7.11 Å². The molecule has 20 heavy (non-hydrogen) atoms. The van der Waals surface area contributed by atoms with Crippen LogP contribution in [-0.4, -0.2) is 23.0 Å². The SMILES string of the molecule is COC(=O)c1ccc2nc3cc(C#N)ccc3nc2c1. The lowest BCUT2D eigenvalue weighted by molar-refractivity contribution is 0.0601. The Balaban J connectivity index is 2.25. The second-order valence-corrected chi connectivity index (χ2v) is 4.23. The lowest BCUT2D eigenvalue weighted by Gasteiger charge is -2.03. The lowest BCUT2D eigenvalue weighted by Crippen LogP contribution is -2.01. The van der Waals surface area contributed by atoms with Gasteiger partial charge in [-0.05, 0) is 36.4 Å². The highest BCUT2D eigenvalue weighted by atomic mass is 16.5. The van der Waals surface area contributed by atoms with Crippen LogP contribution >= 0.6 is 0 Å². The summed E-state index contributed by atoms with van der Waals surface area (Å²) >= 11 is 0. The van der Waals surface area contributed by atoms with Crippen molar-refractivity contribution < 1.29 is 9.53 Å². The molecule has 3 aromatic rings. The van der Waals surface area contributed by atoms with Crippen LogP contribution in [0.25, 0.3) is 22.1 Å².